The molecule has 0 atom stereocenters. The zero-order chi connectivity index (χ0) is 12.3. The molecule has 1 amide bonds. The molecule has 5 heteroatoms. The summed E-state index contributed by atoms with van der Waals surface area (Å²) in [6.07, 6.45) is 0.848. The highest BCUT2D eigenvalue weighted by atomic mass is 16.7. The van der Waals surface area contributed by atoms with Crippen LogP contribution in [0.15, 0.2) is 36.7 Å². The fourth-order valence-electron chi connectivity index (χ4n) is 1.45. The molecule has 88 valence electrons. The molecule has 1 aliphatic rings. The Bertz CT molecular complexity index is 469. The van der Waals surface area contributed by atoms with Gasteiger partial charge in [0, 0.05) is 18.2 Å². The van der Waals surface area contributed by atoms with Crippen LogP contribution in [-0.4, -0.2) is 20.0 Å². The van der Waals surface area contributed by atoms with Crippen LogP contribution in [0, 0.1) is 0 Å². The first-order valence-electron chi connectivity index (χ1n) is 4.88. The van der Waals surface area contributed by atoms with Crippen LogP contribution in [0.3, 0.4) is 0 Å². The van der Waals surface area contributed by atoms with Gasteiger partial charge in [0.25, 0.3) is 0 Å². The van der Waals surface area contributed by atoms with Crippen molar-refractivity contribution in [2.24, 2.45) is 0 Å². The van der Waals surface area contributed by atoms with Crippen LogP contribution in [0.5, 0.6) is 11.5 Å². The Hall–Kier alpha value is -2.39. The smallest absolute Gasteiger partial charge is 0.418 e. The van der Waals surface area contributed by atoms with Gasteiger partial charge in [-0.25, -0.2) is 9.69 Å². The van der Waals surface area contributed by atoms with E-state index >= 15 is 0 Å². The Balaban J connectivity index is 2.40. The second kappa shape index (κ2) is 4.63. The highest BCUT2D eigenvalue weighted by Crippen LogP contribution is 2.31. The molecule has 0 N–H and O–H groups in total. The number of rotatable bonds is 2. The molecule has 0 aliphatic carbocycles. The van der Waals surface area contributed by atoms with Gasteiger partial charge in [0.2, 0.25) is 6.79 Å². The molecular formula is C12H11NO4. The summed E-state index contributed by atoms with van der Waals surface area (Å²) in [4.78, 5) is 12.8. The predicted octanol–water partition coefficient (Wildman–Crippen LogP) is 2.29. The SMILES string of the molecule is C=C=CN(C(=O)OC)c1cc2cc(c1)OCO2. The van der Waals surface area contributed by atoms with E-state index in [9.17, 15) is 4.79 Å². The lowest BCUT2D eigenvalue weighted by Gasteiger charge is -2.21. The molecule has 5 nitrogen and oxygen atoms in total. The number of fused-ring (bicyclic) bond motifs is 2. The molecule has 0 fully saturated rings. The van der Waals surface area contributed by atoms with Crippen LogP contribution >= 0.6 is 0 Å². The molecule has 0 saturated carbocycles. The molecule has 17 heavy (non-hydrogen) atoms. The number of hydrogen-bond donors (Lipinski definition) is 0. The van der Waals surface area contributed by atoms with Gasteiger partial charge >= 0.3 is 6.09 Å². The summed E-state index contributed by atoms with van der Waals surface area (Å²) in [6, 6.07) is 5.15. The summed E-state index contributed by atoms with van der Waals surface area (Å²) < 4.78 is 15.1. The van der Waals surface area contributed by atoms with Crippen molar-refractivity contribution >= 4 is 11.8 Å². The lowest BCUT2D eigenvalue weighted by atomic mass is 10.2. The number of nitrogens with zero attached hydrogens (tertiary/aromatic N) is 1. The number of carbonyl (C=O) groups is 1. The maximum atomic E-state index is 11.6. The van der Waals surface area contributed by atoms with Gasteiger partial charge in [0.05, 0.1) is 19.0 Å². The third kappa shape index (κ3) is 2.24. The number of methoxy groups -OCH3 is 1. The van der Waals surface area contributed by atoms with E-state index < -0.39 is 6.09 Å². The van der Waals surface area contributed by atoms with Gasteiger partial charge in [-0.15, -0.1) is 5.73 Å². The summed E-state index contributed by atoms with van der Waals surface area (Å²) in [6.45, 7) is 3.61. The van der Waals surface area contributed by atoms with E-state index in [1.54, 1.807) is 18.2 Å². The lowest BCUT2D eigenvalue weighted by Crippen LogP contribution is -2.25. The molecule has 1 aromatic carbocycles. The van der Waals surface area contributed by atoms with Crippen LogP contribution in [0.2, 0.25) is 0 Å². The predicted molar refractivity (Wildman–Crippen MR) is 61.2 cm³/mol. The number of benzene rings is 1. The molecule has 0 unspecified atom stereocenters. The van der Waals surface area contributed by atoms with Crippen molar-refractivity contribution in [3.63, 3.8) is 0 Å². The number of hydrogen-bond acceptors (Lipinski definition) is 4. The Labute approximate surface area is 98.5 Å². The van der Waals surface area contributed by atoms with Gasteiger partial charge in [0.15, 0.2) is 0 Å². The van der Waals surface area contributed by atoms with Crippen LogP contribution in [0.25, 0.3) is 0 Å². The topological polar surface area (TPSA) is 48.0 Å². The minimum atomic E-state index is -0.537. The molecule has 1 aromatic rings. The zero-order valence-electron chi connectivity index (χ0n) is 9.30. The van der Waals surface area contributed by atoms with E-state index in [0.717, 1.165) is 0 Å². The minimum Gasteiger partial charge on any atom is -0.457 e. The monoisotopic (exact) mass is 233 g/mol. The number of anilines is 1. The fourth-order valence-corrected chi connectivity index (χ4v) is 1.45. The average Bonchev–Trinajstić information content (AvgIpc) is 2.34. The first kappa shape index (κ1) is 11.1. The van der Waals surface area contributed by atoms with Crippen molar-refractivity contribution in [1.82, 2.24) is 0 Å². The standard InChI is InChI=1S/C12H11NO4/c1-3-4-13(12(14)15-2)9-5-10-7-11(6-9)17-8-16-10/h4-7H,1,8H2,2H3. The van der Waals surface area contributed by atoms with Crippen molar-refractivity contribution in [1.29, 1.82) is 0 Å². The lowest BCUT2D eigenvalue weighted by molar-refractivity contribution is 0.106. The minimum absolute atomic E-state index is 0.178. The van der Waals surface area contributed by atoms with E-state index in [1.807, 2.05) is 0 Å². The van der Waals surface area contributed by atoms with E-state index in [2.05, 4.69) is 17.0 Å². The summed E-state index contributed by atoms with van der Waals surface area (Å²) in [7, 11) is 1.30. The quantitative estimate of drug-likeness (QED) is 0.735. The molecule has 1 aliphatic heterocycles. The van der Waals surface area contributed by atoms with E-state index in [1.165, 1.54) is 18.2 Å². The zero-order valence-corrected chi connectivity index (χ0v) is 9.30. The largest absolute Gasteiger partial charge is 0.457 e. The average molecular weight is 233 g/mol. The maximum absolute atomic E-state index is 11.6. The van der Waals surface area contributed by atoms with Gasteiger partial charge in [-0.3, -0.25) is 0 Å². The fraction of sp³-hybridized carbons (Fsp3) is 0.167. The Kier molecular flexibility index (Phi) is 3.03. The number of amides is 1. The van der Waals surface area contributed by atoms with Gasteiger partial charge in [-0.1, -0.05) is 6.58 Å². The first-order valence-corrected chi connectivity index (χ1v) is 4.88. The molecule has 0 spiro atoms. The molecular weight excluding hydrogens is 222 g/mol. The third-order valence-electron chi connectivity index (χ3n) is 2.19. The van der Waals surface area contributed by atoms with Gasteiger partial charge < -0.3 is 14.2 Å². The summed E-state index contributed by atoms with van der Waals surface area (Å²) in [5, 5.41) is 0. The second-order valence-electron chi connectivity index (χ2n) is 3.24. The van der Waals surface area contributed by atoms with Crippen molar-refractivity contribution in [3.8, 4) is 11.5 Å². The molecule has 2 bridgehead atoms. The van der Waals surface area contributed by atoms with E-state index in [0.29, 0.717) is 17.2 Å². The van der Waals surface area contributed by atoms with Gasteiger partial charge in [-0.2, -0.15) is 0 Å². The number of carbonyl (C=O) groups excluding carboxylic acids is 1. The van der Waals surface area contributed by atoms with Crippen LogP contribution in [-0.2, 0) is 4.74 Å². The van der Waals surface area contributed by atoms with Crippen molar-refractivity contribution in [3.05, 3.63) is 36.7 Å². The van der Waals surface area contributed by atoms with Gasteiger partial charge in [0.1, 0.15) is 11.5 Å². The maximum Gasteiger partial charge on any atom is 0.418 e. The second-order valence-corrected chi connectivity index (χ2v) is 3.24. The summed E-state index contributed by atoms with van der Waals surface area (Å²) >= 11 is 0. The number of ether oxygens (including phenoxy) is 3. The van der Waals surface area contributed by atoms with Gasteiger partial charge in [-0.05, 0) is 0 Å². The third-order valence-corrected chi connectivity index (χ3v) is 2.19. The van der Waals surface area contributed by atoms with Crippen LogP contribution in [0.4, 0.5) is 10.5 Å². The normalized spacial score (nSPS) is 11.6. The molecule has 2 rings (SSSR count). The highest BCUT2D eigenvalue weighted by molar-refractivity contribution is 5.90. The van der Waals surface area contributed by atoms with Crippen LogP contribution in [0.1, 0.15) is 0 Å². The van der Waals surface area contributed by atoms with Crippen molar-refractivity contribution in [2.45, 2.75) is 0 Å². The Morgan fingerprint density at radius 1 is 1.47 bits per heavy atom. The Morgan fingerprint density at radius 2 is 2.12 bits per heavy atom. The van der Waals surface area contributed by atoms with E-state index in [-0.39, 0.29) is 6.79 Å². The molecule has 0 saturated heterocycles. The van der Waals surface area contributed by atoms with Crippen molar-refractivity contribution in [2.75, 3.05) is 18.8 Å². The Morgan fingerprint density at radius 3 is 2.65 bits per heavy atom. The summed E-state index contributed by atoms with van der Waals surface area (Å²) in [5.74, 6) is 1.27. The molecule has 1 heterocycles. The summed E-state index contributed by atoms with van der Waals surface area (Å²) in [5.41, 5.74) is 3.09. The van der Waals surface area contributed by atoms with Crippen molar-refractivity contribution < 1.29 is 19.0 Å². The van der Waals surface area contributed by atoms with E-state index in [4.69, 9.17) is 9.47 Å². The molecule has 0 aromatic heterocycles. The van der Waals surface area contributed by atoms with Crippen LogP contribution < -0.4 is 14.4 Å². The highest BCUT2D eigenvalue weighted by Gasteiger charge is 2.17. The first-order chi connectivity index (χ1) is 8.24. The molecule has 0 radical (unpaired) electrons.